The molecule has 0 aromatic carbocycles. The summed E-state index contributed by atoms with van der Waals surface area (Å²) >= 11 is 10.1. The van der Waals surface area contributed by atoms with Crippen LogP contribution < -0.4 is 0 Å². The van der Waals surface area contributed by atoms with Gasteiger partial charge in [0.15, 0.2) is 11.6 Å². The molecule has 102 valence electrons. The Morgan fingerprint density at radius 3 is 2.00 bits per heavy atom. The summed E-state index contributed by atoms with van der Waals surface area (Å²) in [5.74, 6) is 0.480. The third-order valence-corrected chi connectivity index (χ3v) is 6.03. The average molecular weight is 445 g/mol. The van der Waals surface area contributed by atoms with Gasteiger partial charge in [-0.15, -0.1) is 0 Å². The molecule has 0 aromatic heterocycles. The van der Waals surface area contributed by atoms with E-state index < -0.39 is 4.32 Å². The molecular formula is C13H17Br3O2. The maximum atomic E-state index is 11.7. The Kier molecular flexibility index (Phi) is 5.05. The van der Waals surface area contributed by atoms with Gasteiger partial charge in [-0.05, 0) is 69.4 Å². The van der Waals surface area contributed by atoms with Crippen LogP contribution in [-0.4, -0.2) is 15.9 Å². The lowest BCUT2D eigenvalue weighted by Gasteiger charge is -2.22. The highest BCUT2D eigenvalue weighted by Crippen LogP contribution is 2.63. The minimum absolute atomic E-state index is 0.113. The number of carbonyl (C=O) groups excluding carboxylic acids is 2. The molecule has 0 amide bonds. The van der Waals surface area contributed by atoms with E-state index in [0.717, 1.165) is 3.39 Å². The largest absolute Gasteiger partial charge is 0.298 e. The highest BCUT2D eigenvalue weighted by molar-refractivity contribution is 9.28. The number of rotatable bonds is 5. The third kappa shape index (κ3) is 3.15. The molecule has 0 aromatic rings. The Bertz CT molecular complexity index is 394. The molecule has 0 bridgehead atoms. The van der Waals surface area contributed by atoms with Crippen LogP contribution in [0.2, 0.25) is 0 Å². The fourth-order valence-corrected chi connectivity index (χ4v) is 3.40. The summed E-state index contributed by atoms with van der Waals surface area (Å²) in [5.41, 5.74) is 0.122. The number of Topliss-reactive ketones (excluding diaryl/α,β-unsaturated/α-hetero) is 2. The van der Waals surface area contributed by atoms with Gasteiger partial charge in [-0.25, -0.2) is 0 Å². The number of alkyl halides is 1. The van der Waals surface area contributed by atoms with E-state index in [-0.39, 0.29) is 17.0 Å². The van der Waals surface area contributed by atoms with Gasteiger partial charge in [0.2, 0.25) is 0 Å². The number of allylic oxidation sites excluding steroid dienone is 1. The van der Waals surface area contributed by atoms with Gasteiger partial charge >= 0.3 is 0 Å². The zero-order valence-electron chi connectivity index (χ0n) is 10.9. The van der Waals surface area contributed by atoms with Crippen LogP contribution in [0.5, 0.6) is 0 Å². The minimum Gasteiger partial charge on any atom is -0.298 e. The van der Waals surface area contributed by atoms with Gasteiger partial charge in [0.25, 0.3) is 0 Å². The molecule has 1 fully saturated rings. The zero-order valence-corrected chi connectivity index (χ0v) is 15.6. The lowest BCUT2D eigenvalue weighted by molar-refractivity contribution is -0.128. The van der Waals surface area contributed by atoms with Crippen molar-refractivity contribution in [2.24, 2.45) is 17.3 Å². The number of halogens is 3. The van der Waals surface area contributed by atoms with Crippen LogP contribution >= 0.6 is 47.8 Å². The summed E-state index contributed by atoms with van der Waals surface area (Å²) in [6.45, 7) is 7.26. The lowest BCUT2D eigenvalue weighted by atomic mass is 9.91. The number of ketones is 2. The first-order valence-electron chi connectivity index (χ1n) is 5.77. The molecule has 2 atom stereocenters. The van der Waals surface area contributed by atoms with Gasteiger partial charge in [-0.2, -0.15) is 0 Å². The van der Waals surface area contributed by atoms with E-state index in [2.05, 4.69) is 67.7 Å². The molecule has 0 saturated heterocycles. The summed E-state index contributed by atoms with van der Waals surface area (Å²) < 4.78 is -0.0996. The fourth-order valence-electron chi connectivity index (χ4n) is 2.48. The van der Waals surface area contributed by atoms with Crippen molar-refractivity contribution >= 4 is 59.4 Å². The molecule has 1 aliphatic rings. The van der Waals surface area contributed by atoms with Gasteiger partial charge in [0.1, 0.15) is 4.32 Å². The normalized spacial score (nSPS) is 25.5. The van der Waals surface area contributed by atoms with E-state index in [0.29, 0.717) is 18.3 Å². The fraction of sp³-hybridized carbons (Fsp3) is 0.692. The SMILES string of the molecule is CC(=O)C(Br)(C[C@@H]1[C@H](C=C(Br)Br)C1(C)C)C(C)=O. The predicted molar refractivity (Wildman–Crippen MR) is 84.3 cm³/mol. The minimum atomic E-state index is -1.02. The highest BCUT2D eigenvalue weighted by Gasteiger charge is 2.59. The Labute approximate surface area is 133 Å². The van der Waals surface area contributed by atoms with Gasteiger partial charge < -0.3 is 0 Å². The van der Waals surface area contributed by atoms with Crippen molar-refractivity contribution in [2.45, 2.75) is 38.4 Å². The van der Waals surface area contributed by atoms with Gasteiger partial charge in [0, 0.05) is 0 Å². The first-order valence-corrected chi connectivity index (χ1v) is 8.15. The van der Waals surface area contributed by atoms with Crippen molar-refractivity contribution in [2.75, 3.05) is 0 Å². The molecule has 0 aliphatic heterocycles. The molecule has 1 rings (SSSR count). The zero-order chi connectivity index (χ0) is 14.3. The standard InChI is InChI=1S/C13H17Br3O2/c1-7(17)13(16,8(2)18)6-10-9(5-11(14)15)12(10,3)4/h5,9-10H,6H2,1-4H3/t9-,10+/m0/s1. The molecule has 0 spiro atoms. The Morgan fingerprint density at radius 2 is 1.67 bits per heavy atom. The lowest BCUT2D eigenvalue weighted by Crippen LogP contribution is -2.38. The van der Waals surface area contributed by atoms with Gasteiger partial charge in [-0.3, -0.25) is 9.59 Å². The van der Waals surface area contributed by atoms with Gasteiger partial charge in [0.05, 0.1) is 3.39 Å². The van der Waals surface area contributed by atoms with E-state index in [4.69, 9.17) is 0 Å². The van der Waals surface area contributed by atoms with Crippen LogP contribution in [0.3, 0.4) is 0 Å². The van der Waals surface area contributed by atoms with Crippen molar-refractivity contribution in [1.29, 1.82) is 0 Å². The smallest absolute Gasteiger partial charge is 0.153 e. The first-order chi connectivity index (χ1) is 8.03. The van der Waals surface area contributed by atoms with E-state index in [1.54, 1.807) is 0 Å². The Balaban J connectivity index is 2.89. The molecule has 1 aliphatic carbocycles. The maximum Gasteiger partial charge on any atom is 0.153 e. The van der Waals surface area contributed by atoms with E-state index in [1.165, 1.54) is 13.8 Å². The van der Waals surface area contributed by atoms with Crippen LogP contribution in [0.1, 0.15) is 34.1 Å². The molecule has 5 heteroatoms. The number of hydrogen-bond acceptors (Lipinski definition) is 2. The maximum absolute atomic E-state index is 11.7. The summed E-state index contributed by atoms with van der Waals surface area (Å²) in [4.78, 5) is 23.4. The molecule has 0 heterocycles. The Morgan fingerprint density at radius 1 is 1.22 bits per heavy atom. The van der Waals surface area contributed by atoms with E-state index in [9.17, 15) is 9.59 Å². The molecular weight excluding hydrogens is 428 g/mol. The summed E-state index contributed by atoms with van der Waals surface area (Å²) in [6.07, 6.45) is 2.65. The molecule has 0 radical (unpaired) electrons. The molecule has 18 heavy (non-hydrogen) atoms. The van der Waals surface area contributed by atoms with Crippen LogP contribution in [0.25, 0.3) is 0 Å². The van der Waals surface area contributed by atoms with Crippen molar-refractivity contribution in [1.82, 2.24) is 0 Å². The summed E-state index contributed by atoms with van der Waals surface area (Å²) in [6, 6.07) is 0. The second-order valence-corrected chi connectivity index (χ2v) is 9.65. The molecule has 0 unspecified atom stereocenters. The van der Waals surface area contributed by atoms with Crippen molar-refractivity contribution in [3.05, 3.63) is 9.47 Å². The quantitative estimate of drug-likeness (QED) is 0.459. The topological polar surface area (TPSA) is 34.1 Å². The van der Waals surface area contributed by atoms with Gasteiger partial charge in [-0.1, -0.05) is 35.9 Å². The second-order valence-electron chi connectivity index (χ2n) is 5.53. The van der Waals surface area contributed by atoms with Crippen LogP contribution in [0, 0.1) is 17.3 Å². The number of carbonyl (C=O) groups is 2. The third-order valence-electron chi connectivity index (χ3n) is 4.06. The molecule has 0 N–H and O–H groups in total. The number of hydrogen-bond donors (Lipinski definition) is 0. The Hall–Kier alpha value is 0.520. The molecule has 1 saturated carbocycles. The van der Waals surface area contributed by atoms with Crippen molar-refractivity contribution in [3.63, 3.8) is 0 Å². The van der Waals surface area contributed by atoms with E-state index >= 15 is 0 Å². The predicted octanol–water partition coefficient (Wildman–Crippen LogP) is 4.59. The van der Waals surface area contributed by atoms with Crippen LogP contribution in [-0.2, 0) is 9.59 Å². The first kappa shape index (κ1) is 16.6. The van der Waals surface area contributed by atoms with Crippen LogP contribution in [0.4, 0.5) is 0 Å². The monoisotopic (exact) mass is 442 g/mol. The van der Waals surface area contributed by atoms with Crippen molar-refractivity contribution in [3.8, 4) is 0 Å². The highest BCUT2D eigenvalue weighted by atomic mass is 79.9. The summed E-state index contributed by atoms with van der Waals surface area (Å²) in [7, 11) is 0. The van der Waals surface area contributed by atoms with Crippen molar-refractivity contribution < 1.29 is 9.59 Å². The second kappa shape index (κ2) is 5.49. The average Bonchev–Trinajstić information content (AvgIpc) is 2.67. The summed E-state index contributed by atoms with van der Waals surface area (Å²) in [5, 5.41) is 0. The van der Waals surface area contributed by atoms with E-state index in [1.807, 2.05) is 0 Å². The van der Waals surface area contributed by atoms with Crippen LogP contribution in [0.15, 0.2) is 9.47 Å². The molecule has 2 nitrogen and oxygen atoms in total.